The molecule has 8 atom stereocenters. The number of ether oxygens (including phenoxy) is 1. The van der Waals surface area contributed by atoms with E-state index in [2.05, 4.69) is 29.7 Å². The van der Waals surface area contributed by atoms with Crippen molar-refractivity contribution < 1.29 is 14.6 Å². The topological polar surface area (TPSA) is 53.0 Å². The van der Waals surface area contributed by atoms with Crippen LogP contribution >= 0.6 is 0 Å². The second-order valence-corrected chi connectivity index (χ2v) is 12.3. The number of aliphatic hydroxyl groups excluding tert-OH is 1. The number of hydrogen-bond acceptors (Lipinski definition) is 5. The summed E-state index contributed by atoms with van der Waals surface area (Å²) in [6.45, 7) is 10.4. The summed E-state index contributed by atoms with van der Waals surface area (Å²) >= 11 is 0. The van der Waals surface area contributed by atoms with Crippen LogP contribution in [0.3, 0.4) is 0 Å². The monoisotopic (exact) mass is 442 g/mol. The van der Waals surface area contributed by atoms with Crippen molar-refractivity contribution in [3.05, 3.63) is 11.8 Å². The first kappa shape index (κ1) is 21.6. The molecule has 3 saturated carbocycles. The van der Waals surface area contributed by atoms with E-state index in [9.17, 15) is 9.90 Å². The number of allylic oxidation sites excluding steroid dienone is 2. The molecule has 178 valence electrons. The molecule has 6 aliphatic rings. The number of fused-ring (bicyclic) bond motifs is 5. The number of nitrogens with zero attached hydrogens (tertiary/aromatic N) is 2. The van der Waals surface area contributed by atoms with E-state index in [0.29, 0.717) is 35.5 Å². The van der Waals surface area contributed by atoms with Crippen LogP contribution in [0.2, 0.25) is 0 Å². The minimum atomic E-state index is -0.176. The molecule has 5 heteroatoms. The lowest BCUT2D eigenvalue weighted by molar-refractivity contribution is -0.128. The molecule has 1 unspecified atom stereocenters. The second kappa shape index (κ2) is 7.81. The Hall–Kier alpha value is -0.910. The molecule has 5 nitrogen and oxygen atoms in total. The van der Waals surface area contributed by atoms with E-state index in [0.717, 1.165) is 44.8 Å². The van der Waals surface area contributed by atoms with Gasteiger partial charge in [-0.1, -0.05) is 19.9 Å². The highest BCUT2D eigenvalue weighted by Gasteiger charge is 2.62. The van der Waals surface area contributed by atoms with Crippen molar-refractivity contribution >= 4 is 5.78 Å². The fourth-order valence-corrected chi connectivity index (χ4v) is 9.20. The Morgan fingerprint density at radius 2 is 1.78 bits per heavy atom. The average molecular weight is 443 g/mol. The number of ketones is 1. The van der Waals surface area contributed by atoms with Gasteiger partial charge in [-0.05, 0) is 92.5 Å². The maximum Gasteiger partial charge on any atom is 0.178 e. The van der Waals surface area contributed by atoms with E-state index in [1.54, 1.807) is 0 Å². The number of aliphatic hydroxyl groups is 1. The summed E-state index contributed by atoms with van der Waals surface area (Å²) in [6.07, 6.45) is 11.5. The molecule has 0 aromatic rings. The number of rotatable bonds is 2. The normalized spacial score (nSPS) is 49.4. The molecular weight excluding hydrogens is 400 g/mol. The number of likely N-dealkylation sites (tertiary alicyclic amines) is 1. The summed E-state index contributed by atoms with van der Waals surface area (Å²) in [4.78, 5) is 18.0. The van der Waals surface area contributed by atoms with Crippen LogP contribution in [0.25, 0.3) is 0 Å². The van der Waals surface area contributed by atoms with Crippen LogP contribution < -0.4 is 0 Å². The zero-order chi connectivity index (χ0) is 22.1. The number of carbonyl (C=O) groups is 1. The summed E-state index contributed by atoms with van der Waals surface area (Å²) < 4.78 is 5.56. The third-order valence-corrected chi connectivity index (χ3v) is 11.1. The Kier molecular flexibility index (Phi) is 5.28. The van der Waals surface area contributed by atoms with E-state index >= 15 is 0 Å². The summed E-state index contributed by atoms with van der Waals surface area (Å²) in [7, 11) is 0. The van der Waals surface area contributed by atoms with E-state index in [4.69, 9.17) is 4.74 Å². The molecule has 0 radical (unpaired) electrons. The zero-order valence-corrected chi connectivity index (χ0v) is 20.1. The van der Waals surface area contributed by atoms with Crippen molar-refractivity contribution in [3.63, 3.8) is 0 Å². The number of morpholine rings is 1. The van der Waals surface area contributed by atoms with Crippen LogP contribution in [0, 0.1) is 34.5 Å². The van der Waals surface area contributed by atoms with Gasteiger partial charge in [-0.25, -0.2) is 0 Å². The van der Waals surface area contributed by atoms with Crippen molar-refractivity contribution in [1.82, 2.24) is 9.80 Å². The third-order valence-electron chi connectivity index (χ3n) is 11.1. The molecule has 6 rings (SSSR count). The van der Waals surface area contributed by atoms with Gasteiger partial charge >= 0.3 is 0 Å². The fourth-order valence-electron chi connectivity index (χ4n) is 9.20. The lowest BCUT2D eigenvalue weighted by atomic mass is 9.46. The Morgan fingerprint density at radius 1 is 1.03 bits per heavy atom. The van der Waals surface area contributed by atoms with Gasteiger partial charge in [0.1, 0.15) is 0 Å². The van der Waals surface area contributed by atoms with Gasteiger partial charge in [0, 0.05) is 25.6 Å². The molecule has 4 aliphatic carbocycles. The van der Waals surface area contributed by atoms with Gasteiger partial charge in [-0.3, -0.25) is 9.69 Å². The molecule has 0 aromatic carbocycles. The van der Waals surface area contributed by atoms with Crippen LogP contribution in [0.1, 0.15) is 65.2 Å². The van der Waals surface area contributed by atoms with Crippen molar-refractivity contribution in [1.29, 1.82) is 0 Å². The van der Waals surface area contributed by atoms with Gasteiger partial charge < -0.3 is 14.7 Å². The van der Waals surface area contributed by atoms with E-state index in [1.807, 2.05) is 0 Å². The molecule has 2 saturated heterocycles. The van der Waals surface area contributed by atoms with Gasteiger partial charge in [-0.2, -0.15) is 0 Å². The van der Waals surface area contributed by atoms with Crippen molar-refractivity contribution in [3.8, 4) is 0 Å². The fraction of sp³-hybridized carbons (Fsp3) is 0.889. The highest BCUT2D eigenvalue weighted by Crippen LogP contribution is 2.66. The Morgan fingerprint density at radius 3 is 2.53 bits per heavy atom. The first-order valence-electron chi connectivity index (χ1n) is 13.4. The molecule has 5 fully saturated rings. The smallest absolute Gasteiger partial charge is 0.178 e. The predicted molar refractivity (Wildman–Crippen MR) is 124 cm³/mol. The summed E-state index contributed by atoms with van der Waals surface area (Å²) in [6, 6.07) is 0.365. The van der Waals surface area contributed by atoms with Crippen molar-refractivity contribution in [2.45, 2.75) is 77.4 Å². The highest BCUT2D eigenvalue weighted by molar-refractivity contribution is 5.96. The molecule has 2 heterocycles. The molecular formula is C27H42N2O3. The predicted octanol–water partition coefficient (Wildman–Crippen LogP) is 3.47. The minimum absolute atomic E-state index is 0.0683. The van der Waals surface area contributed by atoms with Crippen LogP contribution in [0.4, 0.5) is 0 Å². The van der Waals surface area contributed by atoms with E-state index in [-0.39, 0.29) is 16.9 Å². The van der Waals surface area contributed by atoms with Gasteiger partial charge in [0.15, 0.2) is 5.78 Å². The largest absolute Gasteiger partial charge is 0.391 e. The zero-order valence-electron chi connectivity index (χ0n) is 20.1. The molecule has 0 amide bonds. The first-order chi connectivity index (χ1) is 15.4. The van der Waals surface area contributed by atoms with Crippen LogP contribution in [0.5, 0.6) is 0 Å². The molecule has 0 spiro atoms. The molecule has 32 heavy (non-hydrogen) atoms. The van der Waals surface area contributed by atoms with Crippen LogP contribution in [0.15, 0.2) is 11.8 Å². The molecule has 1 N–H and O–H groups in total. The van der Waals surface area contributed by atoms with E-state index < -0.39 is 0 Å². The highest BCUT2D eigenvalue weighted by atomic mass is 16.5. The Bertz CT molecular complexity index is 786. The van der Waals surface area contributed by atoms with Gasteiger partial charge in [-0.15, -0.1) is 0 Å². The Balaban J connectivity index is 1.30. The SMILES string of the molecule is C[C@]12C=C(N3CCOCC3)C(=O)C[C@@H]1CCC1[C@@H]2CC[C@@]2(C)[C@H]1C[C@H](N1CCCC1)[C@@H]2O. The van der Waals surface area contributed by atoms with Crippen molar-refractivity contribution in [2.24, 2.45) is 34.5 Å². The Labute approximate surface area is 193 Å². The summed E-state index contributed by atoms with van der Waals surface area (Å²) in [5, 5.41) is 11.5. The maximum absolute atomic E-state index is 13.1. The number of Topliss-reactive ketones (excluding diaryl/α,β-unsaturated/α-hetero) is 1. The molecule has 2 aliphatic heterocycles. The third kappa shape index (κ3) is 3.10. The second-order valence-electron chi connectivity index (χ2n) is 12.3. The summed E-state index contributed by atoms with van der Waals surface area (Å²) in [5.41, 5.74) is 1.17. The summed E-state index contributed by atoms with van der Waals surface area (Å²) in [5.74, 6) is 2.81. The van der Waals surface area contributed by atoms with Crippen LogP contribution in [-0.2, 0) is 9.53 Å². The van der Waals surface area contributed by atoms with Gasteiger partial charge in [0.05, 0.1) is 25.0 Å². The molecule has 0 bridgehead atoms. The number of hydrogen-bond donors (Lipinski definition) is 1. The number of carbonyl (C=O) groups excluding carboxylic acids is 1. The first-order valence-corrected chi connectivity index (χ1v) is 13.4. The minimum Gasteiger partial charge on any atom is -0.391 e. The molecule has 0 aromatic heterocycles. The van der Waals surface area contributed by atoms with Gasteiger partial charge in [0.25, 0.3) is 0 Å². The van der Waals surface area contributed by atoms with Crippen molar-refractivity contribution in [2.75, 3.05) is 39.4 Å². The van der Waals surface area contributed by atoms with Gasteiger partial charge in [0.2, 0.25) is 0 Å². The average Bonchev–Trinajstić information content (AvgIpc) is 3.41. The van der Waals surface area contributed by atoms with Crippen LogP contribution in [-0.4, -0.2) is 72.2 Å². The standard InChI is InChI=1S/C27H42N2O3/c1-26-8-7-20-19(21(26)16-22(25(26)31)28-9-3-4-10-28)6-5-18-15-24(30)23(17-27(18,20)2)29-11-13-32-14-12-29/h17-22,25,31H,3-16H2,1-2H3/t18-,19?,20-,21-,22-,25-,26-,27-/m0/s1. The van der Waals surface area contributed by atoms with E-state index in [1.165, 1.54) is 51.6 Å². The lowest BCUT2D eigenvalue weighted by Crippen LogP contribution is -2.54. The quantitative estimate of drug-likeness (QED) is 0.710. The maximum atomic E-state index is 13.1. The lowest BCUT2D eigenvalue weighted by Gasteiger charge is -2.59.